The molecule has 0 amide bonds. The fourth-order valence-electron chi connectivity index (χ4n) is 5.23. The van der Waals surface area contributed by atoms with Crippen LogP contribution in [0.1, 0.15) is 59.0 Å². The Balaban J connectivity index is 1.52. The van der Waals surface area contributed by atoms with E-state index in [0.717, 1.165) is 38.8 Å². The van der Waals surface area contributed by atoms with Gasteiger partial charge in [0.2, 0.25) is 5.78 Å². The number of nitrogens with zero attached hydrogens (tertiary/aromatic N) is 2. The summed E-state index contributed by atoms with van der Waals surface area (Å²) in [4.78, 5) is 44.8. The van der Waals surface area contributed by atoms with Gasteiger partial charge in [-0.1, -0.05) is 47.9 Å². The van der Waals surface area contributed by atoms with E-state index < -0.39 is 5.97 Å². The van der Waals surface area contributed by atoms with Crippen LogP contribution < -0.4 is 0 Å². The van der Waals surface area contributed by atoms with Crippen molar-refractivity contribution in [3.05, 3.63) is 112 Å². The lowest BCUT2D eigenvalue weighted by molar-refractivity contribution is -0.140. The summed E-state index contributed by atoms with van der Waals surface area (Å²) in [5.41, 5.74) is 4.67. The molecule has 6 nitrogen and oxygen atoms in total. The number of thioether (sulfide) groups is 1. The van der Waals surface area contributed by atoms with Crippen molar-refractivity contribution in [2.75, 3.05) is 0 Å². The number of hydrogen-bond acceptors (Lipinski definition) is 6. The molecular formula is C35H31ClN2O4S. The second-order valence-electron chi connectivity index (χ2n) is 10.4. The third-order valence-electron chi connectivity index (χ3n) is 7.27. The molecule has 1 heterocycles. The summed E-state index contributed by atoms with van der Waals surface area (Å²) in [7, 11) is 0. The summed E-state index contributed by atoms with van der Waals surface area (Å²) >= 11 is 7.59. The van der Waals surface area contributed by atoms with E-state index in [2.05, 4.69) is 16.6 Å². The molecule has 1 unspecified atom stereocenters. The van der Waals surface area contributed by atoms with E-state index in [4.69, 9.17) is 16.4 Å². The first kappa shape index (κ1) is 30.3. The van der Waals surface area contributed by atoms with Crippen LogP contribution in [-0.4, -0.2) is 33.1 Å². The standard InChI is InChI=1S/C35H31ClN2O4S/c1-5-38-32-16-10-24(34(40)28-9-7-6-8-21(28)2)19-29(32)30-20-25(11-17-33(30)38)35(41)31(37-42-23(4)39)18-22(3)43-27-14-12-26(36)13-15-27/h6-17,19-20,22H,5,18H2,1-4H3. The molecule has 8 heteroatoms. The van der Waals surface area contributed by atoms with Crippen molar-refractivity contribution in [2.45, 2.75) is 50.8 Å². The van der Waals surface area contributed by atoms with Crippen molar-refractivity contribution in [1.82, 2.24) is 4.57 Å². The molecule has 0 aliphatic heterocycles. The molecule has 0 aliphatic carbocycles. The number of carbonyl (C=O) groups excluding carboxylic acids is 3. The molecule has 0 bridgehead atoms. The molecule has 43 heavy (non-hydrogen) atoms. The van der Waals surface area contributed by atoms with Crippen LogP contribution in [0.25, 0.3) is 21.8 Å². The number of carbonyl (C=O) groups is 3. The summed E-state index contributed by atoms with van der Waals surface area (Å²) in [6, 6.07) is 26.3. The highest BCUT2D eigenvalue weighted by atomic mass is 35.5. The molecular weight excluding hydrogens is 580 g/mol. The van der Waals surface area contributed by atoms with Gasteiger partial charge in [0.25, 0.3) is 0 Å². The molecule has 0 spiro atoms. The van der Waals surface area contributed by atoms with Gasteiger partial charge >= 0.3 is 5.97 Å². The van der Waals surface area contributed by atoms with Gasteiger partial charge in [0.05, 0.1) is 0 Å². The predicted molar refractivity (Wildman–Crippen MR) is 175 cm³/mol. The third kappa shape index (κ3) is 6.58. The average Bonchev–Trinajstić information content (AvgIpc) is 3.32. The first-order valence-corrected chi connectivity index (χ1v) is 15.3. The van der Waals surface area contributed by atoms with E-state index in [9.17, 15) is 14.4 Å². The fourth-order valence-corrected chi connectivity index (χ4v) is 6.35. The number of Topliss-reactive ketones (excluding diaryl/α,β-unsaturated/α-hetero) is 1. The monoisotopic (exact) mass is 610 g/mol. The van der Waals surface area contributed by atoms with Gasteiger partial charge < -0.3 is 9.40 Å². The fraction of sp³-hybridized carbons (Fsp3) is 0.200. The summed E-state index contributed by atoms with van der Waals surface area (Å²) in [6.45, 7) is 7.95. The van der Waals surface area contributed by atoms with Crippen LogP contribution in [0.2, 0.25) is 5.02 Å². The van der Waals surface area contributed by atoms with Crippen LogP contribution in [-0.2, 0) is 16.2 Å². The molecule has 1 atom stereocenters. The lowest BCUT2D eigenvalue weighted by Gasteiger charge is -2.13. The molecule has 0 fully saturated rings. The number of fused-ring (bicyclic) bond motifs is 3. The number of ketones is 2. The second-order valence-corrected chi connectivity index (χ2v) is 12.3. The van der Waals surface area contributed by atoms with Crippen LogP contribution in [0.5, 0.6) is 0 Å². The Hall–Kier alpha value is -4.20. The smallest absolute Gasteiger partial charge is 0.331 e. The number of benzene rings is 4. The Kier molecular flexibility index (Phi) is 9.14. The van der Waals surface area contributed by atoms with E-state index >= 15 is 0 Å². The van der Waals surface area contributed by atoms with Crippen molar-refractivity contribution in [1.29, 1.82) is 0 Å². The lowest BCUT2D eigenvalue weighted by atomic mass is 9.97. The number of aryl methyl sites for hydroxylation is 2. The predicted octanol–water partition coefficient (Wildman–Crippen LogP) is 8.68. The minimum absolute atomic E-state index is 0.0415. The molecule has 0 N–H and O–H groups in total. The van der Waals surface area contributed by atoms with Gasteiger partial charge in [0.15, 0.2) is 5.78 Å². The maximum absolute atomic E-state index is 13.8. The van der Waals surface area contributed by atoms with Gasteiger partial charge in [-0.15, -0.1) is 11.8 Å². The van der Waals surface area contributed by atoms with Gasteiger partial charge in [0.1, 0.15) is 5.71 Å². The maximum Gasteiger partial charge on any atom is 0.331 e. The minimum atomic E-state index is -0.601. The lowest BCUT2D eigenvalue weighted by Crippen LogP contribution is -2.19. The zero-order valence-corrected chi connectivity index (χ0v) is 26.0. The van der Waals surface area contributed by atoms with Crippen molar-refractivity contribution in [3.63, 3.8) is 0 Å². The first-order valence-electron chi connectivity index (χ1n) is 14.0. The zero-order valence-electron chi connectivity index (χ0n) is 24.4. The summed E-state index contributed by atoms with van der Waals surface area (Å²) < 4.78 is 2.17. The van der Waals surface area contributed by atoms with Crippen molar-refractivity contribution >= 4 is 68.4 Å². The Morgan fingerprint density at radius 1 is 0.907 bits per heavy atom. The largest absolute Gasteiger partial charge is 0.341 e. The zero-order chi connectivity index (χ0) is 30.7. The SMILES string of the molecule is CCn1c2ccc(C(=O)C(CC(C)Sc3ccc(Cl)cc3)=NOC(C)=O)cc2c2cc(C(=O)c3ccccc3C)ccc21. The van der Waals surface area contributed by atoms with Gasteiger partial charge in [-0.05, 0) is 80.1 Å². The molecule has 5 aromatic rings. The highest BCUT2D eigenvalue weighted by molar-refractivity contribution is 8.00. The topological polar surface area (TPSA) is 77.7 Å². The third-order valence-corrected chi connectivity index (χ3v) is 8.64. The first-order chi connectivity index (χ1) is 20.7. The Morgan fingerprint density at radius 3 is 2.16 bits per heavy atom. The molecule has 5 rings (SSSR count). The van der Waals surface area contributed by atoms with Gasteiger partial charge in [-0.3, -0.25) is 9.59 Å². The highest BCUT2D eigenvalue weighted by Crippen LogP contribution is 2.32. The average molecular weight is 611 g/mol. The van der Waals surface area contributed by atoms with E-state index in [-0.39, 0.29) is 28.9 Å². The second kappa shape index (κ2) is 13.0. The summed E-state index contributed by atoms with van der Waals surface area (Å²) in [5.74, 6) is -0.973. The van der Waals surface area contributed by atoms with E-state index in [1.165, 1.54) is 6.92 Å². The number of rotatable bonds is 10. The molecule has 0 saturated heterocycles. The van der Waals surface area contributed by atoms with Crippen molar-refractivity contribution in [2.24, 2.45) is 5.16 Å². The molecule has 1 aromatic heterocycles. The van der Waals surface area contributed by atoms with Crippen molar-refractivity contribution in [3.8, 4) is 0 Å². The van der Waals surface area contributed by atoms with Crippen LogP contribution in [0.4, 0.5) is 0 Å². The normalized spacial score (nSPS) is 12.4. The van der Waals surface area contributed by atoms with Gasteiger partial charge in [0, 0.05) is 73.6 Å². The highest BCUT2D eigenvalue weighted by Gasteiger charge is 2.22. The molecule has 4 aromatic carbocycles. The summed E-state index contributed by atoms with van der Waals surface area (Å²) in [6.07, 6.45) is 0.281. The van der Waals surface area contributed by atoms with Crippen LogP contribution in [0, 0.1) is 6.92 Å². The van der Waals surface area contributed by atoms with Gasteiger partial charge in [-0.2, -0.15) is 0 Å². The Morgan fingerprint density at radius 2 is 1.53 bits per heavy atom. The molecule has 0 radical (unpaired) electrons. The number of aromatic nitrogens is 1. The van der Waals surface area contributed by atoms with E-state index in [1.807, 2.05) is 92.7 Å². The van der Waals surface area contributed by atoms with E-state index in [0.29, 0.717) is 21.7 Å². The van der Waals surface area contributed by atoms with Gasteiger partial charge in [-0.25, -0.2) is 4.79 Å². The molecule has 218 valence electrons. The quantitative estimate of drug-likeness (QED) is 0.0520. The Bertz CT molecular complexity index is 1890. The van der Waals surface area contributed by atoms with Crippen molar-refractivity contribution < 1.29 is 19.2 Å². The molecule has 0 aliphatic rings. The van der Waals surface area contributed by atoms with Crippen LogP contribution in [0.3, 0.4) is 0 Å². The number of hydrogen-bond donors (Lipinski definition) is 0. The maximum atomic E-state index is 13.8. The molecule has 0 saturated carbocycles. The van der Waals surface area contributed by atoms with Crippen LogP contribution in [0.15, 0.2) is 95.0 Å². The van der Waals surface area contributed by atoms with Crippen LogP contribution >= 0.6 is 23.4 Å². The summed E-state index contributed by atoms with van der Waals surface area (Å²) in [5, 5.41) is 6.32. The Labute approximate surface area is 259 Å². The number of oxime groups is 1. The number of halogens is 1. The van der Waals surface area contributed by atoms with E-state index in [1.54, 1.807) is 17.8 Å². The minimum Gasteiger partial charge on any atom is -0.341 e.